The average Bonchev–Trinajstić information content (AvgIpc) is 2.23. The molecule has 1 amide bonds. The summed E-state index contributed by atoms with van der Waals surface area (Å²) in [6.45, 7) is 0. The molecule has 1 heterocycles. The van der Waals surface area contributed by atoms with Crippen LogP contribution < -0.4 is 5.12 Å². The first-order chi connectivity index (χ1) is 7.09. The zero-order valence-electron chi connectivity index (χ0n) is 7.64. The zero-order chi connectivity index (χ0) is 11.0. The van der Waals surface area contributed by atoms with Gasteiger partial charge in [0.2, 0.25) is 0 Å². The number of nitro groups is 1. The van der Waals surface area contributed by atoms with Gasteiger partial charge in [0.1, 0.15) is 0 Å². The van der Waals surface area contributed by atoms with E-state index in [9.17, 15) is 19.4 Å². The van der Waals surface area contributed by atoms with Gasteiger partial charge < -0.3 is 0 Å². The lowest BCUT2D eigenvalue weighted by molar-refractivity contribution is -0.384. The van der Waals surface area contributed by atoms with Gasteiger partial charge in [-0.1, -0.05) is 4.48 Å². The summed E-state index contributed by atoms with van der Waals surface area (Å²) in [4.78, 5) is 20.9. The summed E-state index contributed by atoms with van der Waals surface area (Å²) in [6, 6.07) is 3.74. The number of carbonyl (C=O) groups excluding carboxylic acids is 1. The number of aryl methyl sites for hydroxylation is 1. The molecule has 0 radical (unpaired) electrons. The van der Waals surface area contributed by atoms with E-state index in [1.807, 2.05) is 0 Å². The first-order valence-electron chi connectivity index (χ1n) is 4.35. The molecule has 1 aliphatic heterocycles. The van der Waals surface area contributed by atoms with Gasteiger partial charge >= 0.3 is 0 Å². The van der Waals surface area contributed by atoms with Gasteiger partial charge in [-0.2, -0.15) is 0 Å². The Hall–Kier alpha value is -1.98. The molecule has 0 spiro atoms. The molecule has 6 heteroatoms. The van der Waals surface area contributed by atoms with Crippen molar-refractivity contribution in [3.63, 3.8) is 0 Å². The van der Waals surface area contributed by atoms with Gasteiger partial charge in [-0.25, -0.2) is 0 Å². The molecule has 1 aliphatic rings. The lowest BCUT2D eigenvalue weighted by atomic mass is 10.0. The highest BCUT2D eigenvalue weighted by atomic mass is 19.2. The second-order valence-corrected chi connectivity index (χ2v) is 3.24. The molecule has 0 atom stereocenters. The number of non-ortho nitro benzene ring substituents is 1. The zero-order valence-corrected chi connectivity index (χ0v) is 7.64. The number of nitrogens with zero attached hydrogens (tertiary/aromatic N) is 2. The summed E-state index contributed by atoms with van der Waals surface area (Å²) in [5.41, 5.74) is 0.514. The van der Waals surface area contributed by atoms with E-state index in [2.05, 4.69) is 0 Å². The monoisotopic (exact) mass is 210 g/mol. The predicted molar refractivity (Wildman–Crippen MR) is 50.0 cm³/mol. The highest BCUT2D eigenvalue weighted by Gasteiger charge is 2.25. The Labute approximate surface area is 84.2 Å². The highest BCUT2D eigenvalue weighted by Crippen LogP contribution is 2.30. The van der Waals surface area contributed by atoms with Gasteiger partial charge in [0, 0.05) is 18.6 Å². The molecule has 15 heavy (non-hydrogen) atoms. The van der Waals surface area contributed by atoms with Gasteiger partial charge in [-0.15, -0.1) is 5.12 Å². The largest absolute Gasteiger partial charge is 0.272 e. The van der Waals surface area contributed by atoms with Crippen molar-refractivity contribution in [2.45, 2.75) is 12.8 Å². The van der Waals surface area contributed by atoms with Crippen molar-refractivity contribution in [3.8, 4) is 0 Å². The number of benzene rings is 1. The van der Waals surface area contributed by atoms with Crippen molar-refractivity contribution in [2.24, 2.45) is 0 Å². The van der Waals surface area contributed by atoms with E-state index in [1.165, 1.54) is 18.2 Å². The average molecular weight is 210 g/mol. The first-order valence-corrected chi connectivity index (χ1v) is 4.35. The normalized spacial score (nSPS) is 15.0. The third-order valence-corrected chi connectivity index (χ3v) is 2.31. The van der Waals surface area contributed by atoms with Crippen LogP contribution in [-0.2, 0) is 11.2 Å². The number of rotatable bonds is 1. The molecule has 1 aromatic carbocycles. The van der Waals surface area contributed by atoms with E-state index < -0.39 is 10.8 Å². The topological polar surface area (TPSA) is 63.4 Å². The van der Waals surface area contributed by atoms with Crippen molar-refractivity contribution in [1.29, 1.82) is 0 Å². The van der Waals surface area contributed by atoms with Crippen LogP contribution in [0.2, 0.25) is 0 Å². The van der Waals surface area contributed by atoms with E-state index in [0.29, 0.717) is 12.0 Å². The fourth-order valence-corrected chi connectivity index (χ4v) is 1.55. The van der Waals surface area contributed by atoms with Crippen LogP contribution in [0.4, 0.5) is 15.9 Å². The summed E-state index contributed by atoms with van der Waals surface area (Å²) < 4.78 is 13.2. The lowest BCUT2D eigenvalue weighted by Crippen LogP contribution is -2.27. The standard InChI is InChI=1S/C9H7FN2O3/c10-11-8-3-2-7(12(14)15)5-6(8)1-4-9(11)13/h2-3,5H,1,4H2. The van der Waals surface area contributed by atoms with Gasteiger partial charge in [-0.05, 0) is 18.1 Å². The smallest absolute Gasteiger partial charge is 0.269 e. The van der Waals surface area contributed by atoms with Crippen molar-refractivity contribution < 1.29 is 14.2 Å². The molecule has 0 bridgehead atoms. The number of halogens is 1. The lowest BCUT2D eigenvalue weighted by Gasteiger charge is -2.20. The van der Waals surface area contributed by atoms with Gasteiger partial charge in [0.25, 0.3) is 11.6 Å². The van der Waals surface area contributed by atoms with Gasteiger partial charge in [0.05, 0.1) is 10.6 Å². The summed E-state index contributed by atoms with van der Waals surface area (Å²) in [6.07, 6.45) is 0.390. The van der Waals surface area contributed by atoms with Crippen molar-refractivity contribution >= 4 is 17.3 Å². The number of amides is 1. The van der Waals surface area contributed by atoms with Crippen molar-refractivity contribution in [1.82, 2.24) is 0 Å². The van der Waals surface area contributed by atoms with Crippen LogP contribution in [0.3, 0.4) is 0 Å². The summed E-state index contributed by atoms with van der Waals surface area (Å²) in [5, 5.41) is 10.5. The highest BCUT2D eigenvalue weighted by molar-refractivity contribution is 5.94. The van der Waals surface area contributed by atoms with Crippen molar-refractivity contribution in [3.05, 3.63) is 33.9 Å². The van der Waals surface area contributed by atoms with E-state index >= 15 is 0 Å². The fourth-order valence-electron chi connectivity index (χ4n) is 1.55. The minimum Gasteiger partial charge on any atom is -0.272 e. The first kappa shape index (κ1) is 9.57. The molecule has 0 aromatic heterocycles. The molecule has 78 valence electrons. The molecular weight excluding hydrogens is 203 g/mol. The molecule has 1 aromatic rings. The van der Waals surface area contributed by atoms with Crippen molar-refractivity contribution in [2.75, 3.05) is 5.12 Å². The van der Waals surface area contributed by atoms with E-state index in [0.717, 1.165) is 0 Å². The maximum Gasteiger partial charge on any atom is 0.269 e. The molecule has 0 N–H and O–H groups in total. The van der Waals surface area contributed by atoms with Gasteiger partial charge in [0.15, 0.2) is 0 Å². The van der Waals surface area contributed by atoms with E-state index in [4.69, 9.17) is 0 Å². The SMILES string of the molecule is O=C1CCc2cc([N+](=O)[O-])ccc2N1F. The maximum atomic E-state index is 13.2. The molecular formula is C9H7FN2O3. The Kier molecular flexibility index (Phi) is 2.11. The Morgan fingerprint density at radius 2 is 2.13 bits per heavy atom. The molecule has 0 aliphatic carbocycles. The summed E-state index contributed by atoms with van der Waals surface area (Å²) in [5.74, 6) is -0.614. The van der Waals surface area contributed by atoms with E-state index in [-0.39, 0.29) is 22.9 Å². The molecule has 0 saturated carbocycles. The fraction of sp³-hybridized carbons (Fsp3) is 0.222. The summed E-state index contributed by atoms with van der Waals surface area (Å²) >= 11 is 0. The Bertz CT molecular complexity index is 447. The quantitative estimate of drug-likeness (QED) is 0.403. The van der Waals surface area contributed by atoms with Crippen LogP contribution >= 0.6 is 0 Å². The number of nitro benzene ring substituents is 1. The minimum absolute atomic E-state index is 0.0442. The predicted octanol–water partition coefficient (Wildman–Crippen LogP) is 1.76. The number of hydrogen-bond donors (Lipinski definition) is 0. The van der Waals surface area contributed by atoms with Gasteiger partial charge in [-0.3, -0.25) is 14.9 Å². The Balaban J connectivity index is 2.47. The number of carbonyl (C=O) groups is 1. The maximum absolute atomic E-state index is 13.2. The molecule has 0 unspecified atom stereocenters. The van der Waals surface area contributed by atoms with Crippen LogP contribution in [-0.4, -0.2) is 10.8 Å². The Morgan fingerprint density at radius 3 is 2.80 bits per heavy atom. The number of fused-ring (bicyclic) bond motifs is 1. The van der Waals surface area contributed by atoms with Crippen LogP contribution in [0.5, 0.6) is 0 Å². The van der Waals surface area contributed by atoms with E-state index in [1.54, 1.807) is 0 Å². The Morgan fingerprint density at radius 1 is 1.40 bits per heavy atom. The number of hydrogen-bond acceptors (Lipinski definition) is 3. The molecule has 2 rings (SSSR count). The second kappa shape index (κ2) is 3.30. The van der Waals surface area contributed by atoms with Crippen LogP contribution in [0, 0.1) is 10.1 Å². The third kappa shape index (κ3) is 1.54. The van der Waals surface area contributed by atoms with Crippen LogP contribution in [0.1, 0.15) is 12.0 Å². The molecule has 0 fully saturated rings. The molecule has 5 nitrogen and oxygen atoms in total. The second-order valence-electron chi connectivity index (χ2n) is 3.24. The summed E-state index contributed by atoms with van der Waals surface area (Å²) in [7, 11) is 0. The minimum atomic E-state index is -0.614. The van der Waals surface area contributed by atoms with Crippen LogP contribution in [0.15, 0.2) is 18.2 Å². The third-order valence-electron chi connectivity index (χ3n) is 2.31. The molecule has 0 saturated heterocycles. The van der Waals surface area contributed by atoms with Crippen LogP contribution in [0.25, 0.3) is 0 Å². The number of anilines is 1.